The zero-order chi connectivity index (χ0) is 21.5. The van der Waals surface area contributed by atoms with Crippen molar-refractivity contribution >= 4 is 22.8 Å². The Kier molecular flexibility index (Phi) is 5.10. The minimum absolute atomic E-state index is 0.100. The fraction of sp³-hybridized carbons (Fsp3) is 0.150. The third-order valence-electron chi connectivity index (χ3n) is 4.42. The molecule has 5 nitrogen and oxygen atoms in total. The quantitative estimate of drug-likeness (QED) is 0.246. The predicted octanol–water partition coefficient (Wildman–Crippen LogP) is 5.37. The highest BCUT2D eigenvalue weighted by Crippen LogP contribution is 2.36. The summed E-state index contributed by atoms with van der Waals surface area (Å²) in [6.07, 6.45) is -1.47. The van der Waals surface area contributed by atoms with Crippen molar-refractivity contribution < 1.29 is 22.3 Å². The van der Waals surface area contributed by atoms with Crippen LogP contribution in [0.3, 0.4) is 0 Å². The van der Waals surface area contributed by atoms with E-state index in [1.54, 1.807) is 35.0 Å². The first-order valence-electron chi connectivity index (χ1n) is 8.63. The molecule has 0 unspecified atom stereocenters. The van der Waals surface area contributed by atoms with Gasteiger partial charge in [0.1, 0.15) is 23.2 Å². The van der Waals surface area contributed by atoms with Gasteiger partial charge >= 0.3 is 6.18 Å². The number of benzene rings is 2. The number of fused-ring (bicyclic) bond motifs is 1. The summed E-state index contributed by atoms with van der Waals surface area (Å²) in [5, 5.41) is 0.490. The number of halogens is 4. The van der Waals surface area contributed by atoms with Crippen LogP contribution in [0.5, 0.6) is 5.75 Å². The first-order valence-corrected chi connectivity index (χ1v) is 9.85. The molecule has 0 N–H and O–H groups in total. The van der Waals surface area contributed by atoms with Gasteiger partial charge in [0.05, 0.1) is 23.7 Å². The second-order valence-electron chi connectivity index (χ2n) is 6.22. The summed E-state index contributed by atoms with van der Waals surface area (Å²) in [5.41, 5.74) is -0.159. The van der Waals surface area contributed by atoms with Crippen LogP contribution >= 0.6 is 11.8 Å². The molecule has 0 saturated carbocycles. The molecule has 4 aromatic rings. The minimum Gasteiger partial charge on any atom is -0.497 e. The molecule has 10 heteroatoms. The Morgan fingerprint density at radius 1 is 1.03 bits per heavy atom. The maximum atomic E-state index is 13.8. The molecule has 4 rings (SSSR count). The molecule has 0 aliphatic carbocycles. The lowest BCUT2D eigenvalue weighted by atomic mass is 10.1. The van der Waals surface area contributed by atoms with Crippen LogP contribution in [0.4, 0.5) is 17.6 Å². The number of hydrogen-bond acceptors (Lipinski definition) is 5. The van der Waals surface area contributed by atoms with E-state index in [-0.39, 0.29) is 11.4 Å². The Labute approximate surface area is 172 Å². The highest BCUT2D eigenvalue weighted by Gasteiger charge is 2.34. The van der Waals surface area contributed by atoms with Gasteiger partial charge in [-0.3, -0.25) is 4.57 Å². The first kappa shape index (κ1) is 20.1. The molecule has 0 amide bonds. The molecule has 0 aliphatic rings. The lowest BCUT2D eigenvalue weighted by Gasteiger charge is -2.12. The third kappa shape index (κ3) is 3.58. The monoisotopic (exact) mass is 434 g/mol. The SMILES string of the molecule is COc1ccc2c(c1)nc(-c1ccc(F)c(C(F)(F)F)c1)n2-c1ccnc(SC)n1. The summed E-state index contributed by atoms with van der Waals surface area (Å²) in [7, 11) is 1.50. The van der Waals surface area contributed by atoms with E-state index in [4.69, 9.17) is 4.74 Å². The normalized spacial score (nSPS) is 11.8. The number of aromatic nitrogens is 4. The maximum absolute atomic E-state index is 13.8. The van der Waals surface area contributed by atoms with Crippen LogP contribution in [-0.4, -0.2) is 32.9 Å². The van der Waals surface area contributed by atoms with E-state index in [0.29, 0.717) is 27.8 Å². The number of ether oxygens (including phenoxy) is 1. The average Bonchev–Trinajstić information content (AvgIpc) is 3.11. The Morgan fingerprint density at radius 3 is 2.53 bits per heavy atom. The summed E-state index contributed by atoms with van der Waals surface area (Å²) < 4.78 is 60.4. The largest absolute Gasteiger partial charge is 0.497 e. The van der Waals surface area contributed by atoms with Crippen LogP contribution in [0.15, 0.2) is 53.8 Å². The Morgan fingerprint density at radius 2 is 1.83 bits per heavy atom. The molecule has 0 atom stereocenters. The predicted molar refractivity (Wildman–Crippen MR) is 105 cm³/mol. The molecule has 2 aromatic heterocycles. The van der Waals surface area contributed by atoms with Crippen molar-refractivity contribution in [1.82, 2.24) is 19.5 Å². The molecule has 0 saturated heterocycles. The van der Waals surface area contributed by atoms with Crippen LogP contribution in [0.2, 0.25) is 0 Å². The lowest BCUT2D eigenvalue weighted by molar-refractivity contribution is -0.139. The number of imidazole rings is 1. The number of nitrogens with zero attached hydrogens (tertiary/aromatic N) is 4. The highest BCUT2D eigenvalue weighted by atomic mass is 32.2. The molecular weight excluding hydrogens is 420 g/mol. The van der Waals surface area contributed by atoms with Crippen LogP contribution in [0.25, 0.3) is 28.2 Å². The summed E-state index contributed by atoms with van der Waals surface area (Å²) >= 11 is 1.33. The molecule has 0 spiro atoms. The van der Waals surface area contributed by atoms with Crippen molar-refractivity contribution in [2.24, 2.45) is 0 Å². The van der Waals surface area contributed by atoms with E-state index in [1.165, 1.54) is 24.9 Å². The molecule has 0 aliphatic heterocycles. The molecule has 154 valence electrons. The van der Waals surface area contributed by atoms with E-state index in [0.717, 1.165) is 12.1 Å². The van der Waals surface area contributed by atoms with E-state index in [1.807, 2.05) is 6.26 Å². The number of rotatable bonds is 4. The summed E-state index contributed by atoms with van der Waals surface area (Å²) in [4.78, 5) is 13.1. The molecular formula is C20H14F4N4OS. The van der Waals surface area contributed by atoms with E-state index in [2.05, 4.69) is 15.0 Å². The van der Waals surface area contributed by atoms with Gasteiger partial charge in [-0.25, -0.2) is 19.3 Å². The van der Waals surface area contributed by atoms with Crippen molar-refractivity contribution in [3.63, 3.8) is 0 Å². The van der Waals surface area contributed by atoms with Crippen molar-refractivity contribution in [2.75, 3.05) is 13.4 Å². The topological polar surface area (TPSA) is 52.8 Å². The number of thioether (sulfide) groups is 1. The second kappa shape index (κ2) is 7.60. The minimum atomic E-state index is -4.83. The second-order valence-corrected chi connectivity index (χ2v) is 6.99. The van der Waals surface area contributed by atoms with Gasteiger partial charge in [0.15, 0.2) is 5.16 Å². The van der Waals surface area contributed by atoms with Gasteiger partial charge in [-0.05, 0) is 42.7 Å². The molecule has 30 heavy (non-hydrogen) atoms. The van der Waals surface area contributed by atoms with Gasteiger partial charge in [0.2, 0.25) is 0 Å². The molecule has 0 bridgehead atoms. The fourth-order valence-electron chi connectivity index (χ4n) is 3.05. The third-order valence-corrected chi connectivity index (χ3v) is 4.98. The standard InChI is InChI=1S/C20H14F4N4OS/c1-29-12-4-6-16-15(10-12)26-18(28(16)17-7-8-25-19(27-17)30-2)11-3-5-14(21)13(9-11)20(22,23)24/h3-10H,1-2H3. The smallest absolute Gasteiger partial charge is 0.419 e. The summed E-state index contributed by atoms with van der Waals surface area (Å²) in [6.45, 7) is 0. The molecule has 0 fully saturated rings. The van der Waals surface area contributed by atoms with Gasteiger partial charge in [-0.15, -0.1) is 0 Å². The Balaban J connectivity index is 2.02. The Hall–Kier alpha value is -3.14. The van der Waals surface area contributed by atoms with E-state index >= 15 is 0 Å². The number of methoxy groups -OCH3 is 1. The van der Waals surface area contributed by atoms with Crippen molar-refractivity contribution in [3.8, 4) is 23.0 Å². The van der Waals surface area contributed by atoms with Crippen LogP contribution in [-0.2, 0) is 6.18 Å². The zero-order valence-electron chi connectivity index (χ0n) is 15.7. The molecule has 0 radical (unpaired) electrons. The van der Waals surface area contributed by atoms with E-state index in [9.17, 15) is 17.6 Å². The van der Waals surface area contributed by atoms with Gasteiger partial charge in [0.25, 0.3) is 0 Å². The van der Waals surface area contributed by atoms with Gasteiger partial charge in [0, 0.05) is 17.8 Å². The first-order chi connectivity index (χ1) is 14.3. The van der Waals surface area contributed by atoms with Crippen molar-refractivity contribution in [2.45, 2.75) is 11.3 Å². The van der Waals surface area contributed by atoms with Crippen molar-refractivity contribution in [3.05, 3.63) is 60.0 Å². The van der Waals surface area contributed by atoms with Crippen LogP contribution < -0.4 is 4.74 Å². The van der Waals surface area contributed by atoms with E-state index < -0.39 is 17.6 Å². The van der Waals surface area contributed by atoms with Gasteiger partial charge < -0.3 is 4.74 Å². The summed E-state index contributed by atoms with van der Waals surface area (Å²) in [5.74, 6) is -0.187. The van der Waals surface area contributed by atoms with Gasteiger partial charge in [-0.2, -0.15) is 13.2 Å². The van der Waals surface area contributed by atoms with Crippen molar-refractivity contribution in [1.29, 1.82) is 0 Å². The molecule has 2 aromatic carbocycles. The van der Waals surface area contributed by atoms with Crippen LogP contribution in [0.1, 0.15) is 5.56 Å². The maximum Gasteiger partial charge on any atom is 0.419 e. The van der Waals surface area contributed by atoms with Gasteiger partial charge in [-0.1, -0.05) is 11.8 Å². The fourth-order valence-corrected chi connectivity index (χ4v) is 3.40. The summed E-state index contributed by atoms with van der Waals surface area (Å²) in [6, 6.07) is 9.54. The van der Waals surface area contributed by atoms with Crippen LogP contribution in [0, 0.1) is 5.82 Å². The number of alkyl halides is 3. The lowest BCUT2D eigenvalue weighted by Crippen LogP contribution is -2.09. The zero-order valence-corrected chi connectivity index (χ0v) is 16.6. The Bertz CT molecular complexity index is 1240. The number of hydrogen-bond donors (Lipinski definition) is 0. The molecule has 2 heterocycles. The highest BCUT2D eigenvalue weighted by molar-refractivity contribution is 7.98. The average molecular weight is 434 g/mol.